The van der Waals surface area contributed by atoms with Gasteiger partial charge in [0.05, 0.1) is 12.5 Å². The van der Waals surface area contributed by atoms with Gasteiger partial charge in [-0.25, -0.2) is 4.79 Å². The molecule has 0 aliphatic carbocycles. The Morgan fingerprint density at radius 3 is 2.56 bits per heavy atom. The smallest absolute Gasteiger partial charge is 0.320 e. The number of urea groups is 1. The van der Waals surface area contributed by atoms with Crippen molar-refractivity contribution in [3.63, 3.8) is 0 Å². The number of ether oxygens (including phenoxy) is 1. The second kappa shape index (κ2) is 6.58. The molecule has 0 saturated carbocycles. The molecule has 2 amide bonds. The maximum absolute atomic E-state index is 12.2. The molecule has 1 N–H and O–H groups in total. The van der Waals surface area contributed by atoms with Crippen molar-refractivity contribution in [2.24, 2.45) is 5.92 Å². The maximum Gasteiger partial charge on any atom is 0.320 e. The summed E-state index contributed by atoms with van der Waals surface area (Å²) in [6.45, 7) is 5.67. The summed E-state index contributed by atoms with van der Waals surface area (Å²) in [5.74, 6) is -1.24. The molecule has 1 heterocycles. The molecule has 1 saturated heterocycles. The van der Waals surface area contributed by atoms with E-state index < -0.39 is 11.9 Å². The lowest BCUT2D eigenvalue weighted by Crippen LogP contribution is -2.58. The third kappa shape index (κ3) is 3.35. The molecule has 0 aromatic rings. The van der Waals surface area contributed by atoms with Crippen molar-refractivity contribution in [3.8, 4) is 0 Å². The van der Waals surface area contributed by atoms with Crippen LogP contribution in [0.1, 0.15) is 20.3 Å². The van der Waals surface area contributed by atoms with Crippen molar-refractivity contribution in [2.75, 3.05) is 33.4 Å². The minimum Gasteiger partial charge on any atom is -0.481 e. The van der Waals surface area contributed by atoms with Gasteiger partial charge in [0.25, 0.3) is 0 Å². The van der Waals surface area contributed by atoms with Gasteiger partial charge < -0.3 is 19.6 Å². The molecule has 18 heavy (non-hydrogen) atoms. The molecule has 1 unspecified atom stereocenters. The van der Waals surface area contributed by atoms with Crippen LogP contribution in [0, 0.1) is 5.92 Å². The van der Waals surface area contributed by atoms with E-state index in [0.29, 0.717) is 26.2 Å². The molecule has 0 aromatic heterocycles. The van der Waals surface area contributed by atoms with Gasteiger partial charge in [-0.1, -0.05) is 6.92 Å². The van der Waals surface area contributed by atoms with Gasteiger partial charge in [-0.3, -0.25) is 4.79 Å². The molecule has 6 heteroatoms. The number of amides is 2. The monoisotopic (exact) mass is 258 g/mol. The fourth-order valence-electron chi connectivity index (χ4n) is 1.89. The molecule has 6 nitrogen and oxygen atoms in total. The molecule has 0 spiro atoms. The van der Waals surface area contributed by atoms with Crippen molar-refractivity contribution < 1.29 is 19.4 Å². The normalized spacial score (nSPS) is 17.2. The number of nitrogens with zero attached hydrogens (tertiary/aromatic N) is 2. The third-order valence-electron chi connectivity index (χ3n) is 3.41. The Kier molecular flexibility index (Phi) is 5.40. The zero-order valence-electron chi connectivity index (χ0n) is 11.3. The lowest BCUT2D eigenvalue weighted by atomic mass is 10.0. The highest BCUT2D eigenvalue weighted by molar-refractivity contribution is 5.80. The van der Waals surface area contributed by atoms with E-state index in [-0.39, 0.29) is 12.1 Å². The molecule has 1 fully saturated rings. The first-order valence-corrected chi connectivity index (χ1v) is 6.28. The predicted octanol–water partition coefficient (Wildman–Crippen LogP) is 0.870. The van der Waals surface area contributed by atoms with E-state index in [1.807, 2.05) is 13.8 Å². The average Bonchev–Trinajstić information content (AvgIpc) is 2.26. The van der Waals surface area contributed by atoms with Crippen LogP contribution in [-0.2, 0) is 9.53 Å². The number of likely N-dealkylation sites (tertiary alicyclic amines) is 1. The molecule has 104 valence electrons. The van der Waals surface area contributed by atoms with E-state index in [4.69, 9.17) is 9.84 Å². The molecule has 0 aromatic carbocycles. The van der Waals surface area contributed by atoms with Gasteiger partial charge >= 0.3 is 12.0 Å². The van der Waals surface area contributed by atoms with Crippen LogP contribution in [0.25, 0.3) is 0 Å². The van der Waals surface area contributed by atoms with E-state index in [1.165, 1.54) is 0 Å². The summed E-state index contributed by atoms with van der Waals surface area (Å²) in [6, 6.07) is 0.0513. The van der Waals surface area contributed by atoms with Gasteiger partial charge in [-0.2, -0.15) is 0 Å². The predicted molar refractivity (Wildman–Crippen MR) is 66.4 cm³/mol. The minimum absolute atomic E-state index is 0.0844. The minimum atomic E-state index is -0.828. The quantitative estimate of drug-likeness (QED) is 0.767. The maximum atomic E-state index is 12.2. The number of hydrogen-bond donors (Lipinski definition) is 1. The third-order valence-corrected chi connectivity index (χ3v) is 3.41. The Morgan fingerprint density at radius 1 is 1.50 bits per heavy atom. The van der Waals surface area contributed by atoms with Crippen molar-refractivity contribution >= 4 is 12.0 Å². The Morgan fingerprint density at radius 2 is 2.11 bits per heavy atom. The number of carbonyl (C=O) groups is 2. The van der Waals surface area contributed by atoms with Crippen LogP contribution < -0.4 is 0 Å². The van der Waals surface area contributed by atoms with E-state index in [1.54, 1.807) is 16.9 Å². The number of carboxylic acid groups (broad SMARTS) is 1. The zero-order chi connectivity index (χ0) is 13.7. The SMILES string of the molecule is CCC(C)N(CCOC)C(=O)N1CC(C(=O)O)C1. The molecule has 1 aliphatic rings. The summed E-state index contributed by atoms with van der Waals surface area (Å²) < 4.78 is 5.00. The van der Waals surface area contributed by atoms with E-state index in [9.17, 15) is 9.59 Å². The van der Waals surface area contributed by atoms with Gasteiger partial charge in [0.2, 0.25) is 0 Å². The largest absolute Gasteiger partial charge is 0.481 e. The lowest BCUT2D eigenvalue weighted by molar-refractivity contribution is -0.146. The molecule has 0 bridgehead atoms. The van der Waals surface area contributed by atoms with E-state index in [2.05, 4.69) is 0 Å². The molecule has 1 atom stereocenters. The molecule has 0 radical (unpaired) electrons. The van der Waals surface area contributed by atoms with Crippen molar-refractivity contribution in [1.82, 2.24) is 9.80 Å². The van der Waals surface area contributed by atoms with E-state index >= 15 is 0 Å². The summed E-state index contributed by atoms with van der Waals surface area (Å²) in [5, 5.41) is 8.80. The summed E-state index contributed by atoms with van der Waals surface area (Å²) in [7, 11) is 1.60. The van der Waals surface area contributed by atoms with Crippen LogP contribution in [0.4, 0.5) is 4.79 Å². The second-order valence-electron chi connectivity index (χ2n) is 4.67. The number of rotatable bonds is 6. The first-order valence-electron chi connectivity index (χ1n) is 6.28. The first kappa shape index (κ1) is 14.8. The summed E-state index contributed by atoms with van der Waals surface area (Å²) in [4.78, 5) is 26.2. The Hall–Kier alpha value is -1.30. The number of aliphatic carboxylic acids is 1. The van der Waals surface area contributed by atoms with Crippen LogP contribution in [0.2, 0.25) is 0 Å². The van der Waals surface area contributed by atoms with E-state index in [0.717, 1.165) is 6.42 Å². The molecule has 1 rings (SSSR count). The number of carboxylic acids is 1. The van der Waals surface area contributed by atoms with Gasteiger partial charge in [0, 0.05) is 32.8 Å². The summed E-state index contributed by atoms with van der Waals surface area (Å²) in [6.07, 6.45) is 0.867. The Balaban J connectivity index is 2.52. The molecular formula is C12H22N2O4. The van der Waals surface area contributed by atoms with Crippen LogP contribution in [-0.4, -0.2) is 66.3 Å². The number of hydrogen-bond acceptors (Lipinski definition) is 3. The van der Waals surface area contributed by atoms with Crippen LogP contribution in [0.15, 0.2) is 0 Å². The van der Waals surface area contributed by atoms with Gasteiger partial charge in [-0.15, -0.1) is 0 Å². The number of carbonyl (C=O) groups excluding carboxylic acids is 1. The van der Waals surface area contributed by atoms with Crippen LogP contribution in [0.3, 0.4) is 0 Å². The van der Waals surface area contributed by atoms with Crippen molar-refractivity contribution in [2.45, 2.75) is 26.3 Å². The fourth-order valence-corrected chi connectivity index (χ4v) is 1.89. The highest BCUT2D eigenvalue weighted by atomic mass is 16.5. The standard InChI is InChI=1S/C12H22N2O4/c1-4-9(2)14(5-6-18-3)12(17)13-7-10(8-13)11(15)16/h9-10H,4-8H2,1-3H3,(H,15,16). The van der Waals surface area contributed by atoms with Crippen molar-refractivity contribution in [1.29, 1.82) is 0 Å². The van der Waals surface area contributed by atoms with Gasteiger partial charge in [0.15, 0.2) is 0 Å². The summed E-state index contributed by atoms with van der Waals surface area (Å²) >= 11 is 0. The fraction of sp³-hybridized carbons (Fsp3) is 0.833. The average molecular weight is 258 g/mol. The lowest BCUT2D eigenvalue weighted by Gasteiger charge is -2.41. The zero-order valence-corrected chi connectivity index (χ0v) is 11.3. The second-order valence-corrected chi connectivity index (χ2v) is 4.67. The van der Waals surface area contributed by atoms with Gasteiger partial charge in [-0.05, 0) is 13.3 Å². The number of methoxy groups -OCH3 is 1. The molecular weight excluding hydrogens is 236 g/mol. The first-order chi connectivity index (χ1) is 8.51. The highest BCUT2D eigenvalue weighted by Gasteiger charge is 2.38. The highest BCUT2D eigenvalue weighted by Crippen LogP contribution is 2.19. The Labute approximate surface area is 107 Å². The topological polar surface area (TPSA) is 70.1 Å². The van der Waals surface area contributed by atoms with Crippen LogP contribution in [0.5, 0.6) is 0 Å². The van der Waals surface area contributed by atoms with Crippen LogP contribution >= 0.6 is 0 Å². The molecule has 1 aliphatic heterocycles. The van der Waals surface area contributed by atoms with Crippen molar-refractivity contribution in [3.05, 3.63) is 0 Å². The Bertz CT molecular complexity index is 302. The summed E-state index contributed by atoms with van der Waals surface area (Å²) in [5.41, 5.74) is 0. The van der Waals surface area contributed by atoms with Gasteiger partial charge in [0.1, 0.15) is 0 Å².